The second kappa shape index (κ2) is 40.1. The Balaban J connectivity index is 1.83. The number of aromatic amines is 1. The molecule has 2 aromatic rings. The molecule has 0 spiro atoms. The first-order chi connectivity index (χ1) is 43.7. The van der Waals surface area contributed by atoms with Crippen LogP contribution in [0, 0.1) is 10.8 Å². The van der Waals surface area contributed by atoms with Gasteiger partial charge in [-0.1, -0.05) is 18.2 Å². The van der Waals surface area contributed by atoms with Gasteiger partial charge < -0.3 is 90.0 Å². The summed E-state index contributed by atoms with van der Waals surface area (Å²) in [6.07, 6.45) is 0.378. The zero-order valence-electron chi connectivity index (χ0n) is 50.0. The third-order valence-corrected chi connectivity index (χ3v) is 15.5. The van der Waals surface area contributed by atoms with Gasteiger partial charge in [-0.25, -0.2) is 5.43 Å². The highest BCUT2D eigenvalue weighted by Crippen LogP contribution is 2.22. The number of aliphatic hydroxyl groups excluding tert-OH is 1. The van der Waals surface area contributed by atoms with Crippen molar-refractivity contribution < 1.29 is 72.5 Å². The number of aliphatic hydroxyl groups is 1. The second-order valence-electron chi connectivity index (χ2n) is 20.8. The van der Waals surface area contributed by atoms with Crippen LogP contribution in [0.1, 0.15) is 57.4 Å². The van der Waals surface area contributed by atoms with E-state index in [0.717, 1.165) is 4.90 Å². The summed E-state index contributed by atoms with van der Waals surface area (Å²) in [6, 6.07) is -9.43. The Morgan fingerprint density at radius 3 is 1.64 bits per heavy atom. The third kappa shape index (κ3) is 24.9. The van der Waals surface area contributed by atoms with Gasteiger partial charge in [0.05, 0.1) is 31.7 Å². The maximum absolute atomic E-state index is 14.3. The molecule has 36 nitrogen and oxygen atoms in total. The van der Waals surface area contributed by atoms with Crippen molar-refractivity contribution in [3.63, 3.8) is 0 Å². The molecule has 26 N–H and O–H groups in total. The number of hydrazine groups is 2. The SMILES string of the molecule is CC(NC(=O)[C@H](CS)NC(=O)C(CCCNC(=N)N)NC(=O)[C@@H]1CCCN1C(=O)[C@H](CC(=O)O)NC(=O)[C@H](CO)NC(=O)[C@H](CS)NC(=O)[C@H](CS)NC(=O)CNN)C(=O)N[C@@H](Cc1c[nH]c2ccccc12)C(=O)N[C@@H](CCCNC(=N)N)C(=O)C(=O)[C@H](CS)NN. The van der Waals surface area contributed by atoms with Crippen molar-refractivity contribution in [2.45, 2.75) is 125 Å². The van der Waals surface area contributed by atoms with Gasteiger partial charge in [-0.3, -0.25) is 90.3 Å². The lowest BCUT2D eigenvalue weighted by Gasteiger charge is -2.30. The van der Waals surface area contributed by atoms with Gasteiger partial charge in [0.2, 0.25) is 70.6 Å². The molecule has 0 radical (unpaired) electrons. The molecule has 1 fully saturated rings. The molecule has 0 aliphatic carbocycles. The minimum atomic E-state index is -1.91. The summed E-state index contributed by atoms with van der Waals surface area (Å²) in [5.74, 6) is -4.60. The van der Waals surface area contributed by atoms with Crippen LogP contribution in [0.5, 0.6) is 0 Å². The molecule has 92 heavy (non-hydrogen) atoms. The first-order valence-corrected chi connectivity index (χ1v) is 31.2. The van der Waals surface area contributed by atoms with Crippen LogP contribution in [-0.2, 0) is 68.7 Å². The summed E-state index contributed by atoms with van der Waals surface area (Å²) in [4.78, 5) is 180. The van der Waals surface area contributed by atoms with Crippen LogP contribution >= 0.6 is 50.5 Å². The molecule has 3 rings (SSSR count). The van der Waals surface area contributed by atoms with Gasteiger partial charge in [-0.2, -0.15) is 50.5 Å². The molecule has 2 unspecified atom stereocenters. The zero-order valence-corrected chi connectivity index (χ0v) is 53.6. The van der Waals surface area contributed by atoms with Gasteiger partial charge in [0.1, 0.15) is 54.4 Å². The number of aliphatic carboxylic acids is 1. The summed E-state index contributed by atoms with van der Waals surface area (Å²) < 4.78 is 0. The van der Waals surface area contributed by atoms with Crippen LogP contribution < -0.4 is 92.5 Å². The van der Waals surface area contributed by atoms with E-state index in [4.69, 9.17) is 34.0 Å². The Kier molecular flexibility index (Phi) is 34.1. The molecule has 1 saturated heterocycles. The van der Waals surface area contributed by atoms with Crippen LogP contribution in [0.25, 0.3) is 10.9 Å². The van der Waals surface area contributed by atoms with Crippen LogP contribution in [0.3, 0.4) is 0 Å². The van der Waals surface area contributed by atoms with Crippen molar-refractivity contribution >= 4 is 150 Å². The van der Waals surface area contributed by atoms with Crippen molar-refractivity contribution in [1.82, 2.24) is 79.2 Å². The standard InChI is InChI=1S/C52H83N21O15S4/c1-24(42(80)67-30(15-25-17-61-27-8-3-2-7-26(25)27)44(82)65-28(9-4-12-59-51(53)54)40(78)41(79)33(20-89)72-58)63-46(84)35(22-91)70-43(81)29(10-5-13-60-52(55)56)66-49(87)37-11-6-14-73(37)50(88)31(16-39(76)77)68-45(83)32(19-74)69-48(86)36(23-92)71-47(85)34(21-90)64-38(75)18-62-57/h2-3,7-8,17,24,28-37,61-62,72,74,89-92H,4-6,9-16,18-23,57-58H2,1H3,(H,63,84)(H,64,75)(H,65,82)(H,66,87)(H,67,80)(H,68,83)(H,69,86)(H,70,81)(H,71,85)(H,76,77)(H4,53,54,59)(H4,55,56,60)/t24?,28-,29?,30-,31-,32-,33-,34-,35-,36-,37-/m0/s1. The number of H-pyrrole nitrogens is 1. The highest BCUT2D eigenvalue weighted by molar-refractivity contribution is 7.80. The second-order valence-corrected chi connectivity index (χ2v) is 22.3. The van der Waals surface area contributed by atoms with Crippen LogP contribution in [0.15, 0.2) is 30.5 Å². The molecule has 2 heterocycles. The lowest BCUT2D eigenvalue weighted by atomic mass is 9.98. The smallest absolute Gasteiger partial charge is 0.305 e. The molecule has 1 aromatic heterocycles. The van der Waals surface area contributed by atoms with Crippen LogP contribution in [0.4, 0.5) is 0 Å². The quantitative estimate of drug-likeness (QED) is 0.00559. The van der Waals surface area contributed by atoms with Gasteiger partial charge in [0.15, 0.2) is 11.9 Å². The van der Waals surface area contributed by atoms with E-state index in [1.54, 1.807) is 30.5 Å². The molecule has 510 valence electrons. The number of aromatic nitrogens is 1. The number of amides is 10. The summed E-state index contributed by atoms with van der Waals surface area (Å²) in [5, 5.41) is 62.6. The van der Waals surface area contributed by atoms with E-state index >= 15 is 0 Å². The van der Waals surface area contributed by atoms with Crippen molar-refractivity contribution in [2.24, 2.45) is 23.2 Å². The van der Waals surface area contributed by atoms with E-state index in [-0.39, 0.29) is 94.3 Å². The predicted molar refractivity (Wildman–Crippen MR) is 346 cm³/mol. The predicted octanol–water partition coefficient (Wildman–Crippen LogP) is -8.77. The highest BCUT2D eigenvalue weighted by atomic mass is 32.1. The Morgan fingerprint density at radius 2 is 1.10 bits per heavy atom. The van der Waals surface area contributed by atoms with E-state index in [2.05, 4.69) is 125 Å². The number of nitrogens with zero attached hydrogens (tertiary/aromatic N) is 1. The summed E-state index contributed by atoms with van der Waals surface area (Å²) >= 11 is 16.4. The number of carbonyl (C=O) groups is 13. The molecule has 0 saturated carbocycles. The molecule has 1 aromatic carbocycles. The number of thiol groups is 4. The normalized spacial score (nSPS) is 16.0. The maximum atomic E-state index is 14.3. The number of carbonyl (C=O) groups excluding carboxylic acids is 12. The van der Waals surface area contributed by atoms with Gasteiger partial charge in [-0.15, -0.1) is 0 Å². The van der Waals surface area contributed by atoms with Gasteiger partial charge in [0.25, 0.3) is 0 Å². The molecule has 11 atom stereocenters. The zero-order chi connectivity index (χ0) is 68.8. The van der Waals surface area contributed by atoms with E-state index < -0.39 is 168 Å². The number of likely N-dealkylation sites (tertiary alicyclic amines) is 1. The first-order valence-electron chi connectivity index (χ1n) is 28.7. The fourth-order valence-corrected chi connectivity index (χ4v) is 10.2. The number of hydrogen-bond acceptors (Lipinski definition) is 24. The van der Waals surface area contributed by atoms with E-state index in [9.17, 15) is 72.5 Å². The van der Waals surface area contributed by atoms with Crippen LogP contribution in [-0.4, -0.2) is 231 Å². The van der Waals surface area contributed by atoms with Crippen LogP contribution in [0.2, 0.25) is 0 Å². The lowest BCUT2D eigenvalue weighted by Crippen LogP contribution is -2.61. The average Bonchev–Trinajstić information content (AvgIpc) is 1.68. The number of hydrogen-bond donors (Lipinski definition) is 26. The Morgan fingerprint density at radius 1 is 0.620 bits per heavy atom. The minimum absolute atomic E-state index is 0.0150. The molecular weight excluding hydrogens is 1290 g/mol. The Labute approximate surface area is 549 Å². The molecule has 0 bridgehead atoms. The number of para-hydroxylation sites is 1. The number of nitrogens with one attached hydrogen (secondary N) is 16. The van der Waals surface area contributed by atoms with Gasteiger partial charge >= 0.3 is 5.97 Å². The number of Topliss-reactive ketones (excluding diaryl/α,β-unsaturated/α-hetero) is 2. The Bertz CT molecular complexity index is 2960. The first kappa shape index (κ1) is 78.3. The number of ketones is 2. The largest absolute Gasteiger partial charge is 0.481 e. The van der Waals surface area contributed by atoms with Crippen molar-refractivity contribution in [3.8, 4) is 0 Å². The fourth-order valence-electron chi connectivity index (χ4n) is 9.18. The summed E-state index contributed by atoms with van der Waals surface area (Å²) in [7, 11) is 0. The number of benzene rings is 1. The molecule has 1 aliphatic rings. The number of carboxylic acids is 1. The van der Waals surface area contributed by atoms with Gasteiger partial charge in [-0.05, 0) is 57.1 Å². The summed E-state index contributed by atoms with van der Waals surface area (Å²) in [6.45, 7) is -0.254. The topological polar surface area (TPSA) is 590 Å². The number of fused-ring (bicyclic) bond motifs is 1. The lowest BCUT2D eigenvalue weighted by molar-refractivity contribution is -0.146. The van der Waals surface area contributed by atoms with Gasteiger partial charge in [0, 0.05) is 66.2 Å². The molecule has 10 amide bonds. The van der Waals surface area contributed by atoms with Crippen molar-refractivity contribution in [2.75, 3.05) is 55.8 Å². The third-order valence-electron chi connectivity index (χ3n) is 14.0. The maximum Gasteiger partial charge on any atom is 0.305 e. The number of nitrogens with two attached hydrogens (primary N) is 4. The molecule has 1 aliphatic heterocycles. The van der Waals surface area contributed by atoms with E-state index in [1.807, 2.05) is 0 Å². The Hall–Kier alpha value is -7.99. The fraction of sp³-hybridized carbons (Fsp3) is 0.558. The number of carboxylic acid groups (broad SMARTS) is 1. The number of guanidine groups is 2. The minimum Gasteiger partial charge on any atom is -0.481 e. The molecular formula is C52H83N21O15S4. The van der Waals surface area contributed by atoms with E-state index in [0.29, 0.717) is 16.5 Å². The highest BCUT2D eigenvalue weighted by Gasteiger charge is 2.41. The van der Waals surface area contributed by atoms with Crippen molar-refractivity contribution in [3.05, 3.63) is 36.0 Å². The monoisotopic (exact) mass is 1370 g/mol. The number of rotatable bonds is 41. The molecule has 40 heteroatoms. The average molecular weight is 1370 g/mol. The van der Waals surface area contributed by atoms with E-state index in [1.165, 1.54) is 6.92 Å². The summed E-state index contributed by atoms with van der Waals surface area (Å²) in [5.41, 5.74) is 16.4. The van der Waals surface area contributed by atoms with Crippen molar-refractivity contribution in [1.29, 1.82) is 10.8 Å².